The fourth-order valence-corrected chi connectivity index (χ4v) is 4.28. The molecule has 0 spiro atoms. The minimum atomic E-state index is -3.09. The van der Waals surface area contributed by atoms with Gasteiger partial charge >= 0.3 is 0 Å². The predicted molar refractivity (Wildman–Crippen MR) is 84.5 cm³/mol. The van der Waals surface area contributed by atoms with E-state index in [-0.39, 0.29) is 17.7 Å². The van der Waals surface area contributed by atoms with Gasteiger partial charge in [0.05, 0.1) is 5.75 Å². The van der Waals surface area contributed by atoms with Crippen molar-refractivity contribution < 1.29 is 13.2 Å². The van der Waals surface area contributed by atoms with E-state index < -0.39 is 10.0 Å². The fraction of sp³-hybridized carbons (Fsp3) is 0.923. The van der Waals surface area contributed by atoms with Crippen LogP contribution < -0.4 is 5.32 Å². The van der Waals surface area contributed by atoms with E-state index in [0.29, 0.717) is 38.8 Å². The van der Waals surface area contributed by atoms with Crippen LogP contribution >= 0.6 is 15.9 Å². The number of amides is 1. The SMILES string of the molecule is CCCS(=O)(=O)N1CCC(NC(=O)CCCCBr)CC1. The third-order valence-electron chi connectivity index (χ3n) is 3.46. The summed E-state index contributed by atoms with van der Waals surface area (Å²) >= 11 is 3.34. The molecular weight excluding hydrogens is 344 g/mol. The summed E-state index contributed by atoms with van der Waals surface area (Å²) in [5.41, 5.74) is 0. The molecule has 0 unspecified atom stereocenters. The number of sulfonamides is 1. The first kappa shape index (κ1) is 17.9. The van der Waals surface area contributed by atoms with E-state index in [4.69, 9.17) is 0 Å². The molecule has 1 saturated heterocycles. The summed E-state index contributed by atoms with van der Waals surface area (Å²) < 4.78 is 25.4. The van der Waals surface area contributed by atoms with E-state index in [0.717, 1.165) is 18.2 Å². The number of alkyl halides is 1. The Morgan fingerprint density at radius 1 is 1.30 bits per heavy atom. The van der Waals surface area contributed by atoms with Crippen LogP contribution in [0.4, 0.5) is 0 Å². The highest BCUT2D eigenvalue weighted by molar-refractivity contribution is 9.09. The minimum absolute atomic E-state index is 0.0841. The minimum Gasteiger partial charge on any atom is -0.353 e. The summed E-state index contributed by atoms with van der Waals surface area (Å²) in [6.07, 6.45) is 4.52. The Morgan fingerprint density at radius 3 is 2.50 bits per heavy atom. The van der Waals surface area contributed by atoms with Crippen LogP contribution in [-0.4, -0.2) is 48.8 Å². The molecule has 0 aromatic carbocycles. The highest BCUT2D eigenvalue weighted by Gasteiger charge is 2.27. The Morgan fingerprint density at radius 2 is 1.95 bits per heavy atom. The lowest BCUT2D eigenvalue weighted by molar-refractivity contribution is -0.122. The lowest BCUT2D eigenvalue weighted by Gasteiger charge is -2.31. The molecule has 0 radical (unpaired) electrons. The standard InChI is InChI=1S/C13H25BrN2O3S/c1-2-11-20(18,19)16-9-6-12(7-10-16)15-13(17)5-3-4-8-14/h12H,2-11H2,1H3,(H,15,17). The molecule has 0 atom stereocenters. The number of hydrogen-bond acceptors (Lipinski definition) is 3. The van der Waals surface area contributed by atoms with E-state index in [1.54, 1.807) is 4.31 Å². The molecule has 5 nitrogen and oxygen atoms in total. The molecule has 20 heavy (non-hydrogen) atoms. The summed E-state index contributed by atoms with van der Waals surface area (Å²) in [7, 11) is -3.09. The van der Waals surface area contributed by atoms with Gasteiger partial charge in [0.1, 0.15) is 0 Å². The zero-order valence-electron chi connectivity index (χ0n) is 12.1. The molecule has 1 heterocycles. The first-order valence-corrected chi connectivity index (χ1v) is 10.1. The van der Waals surface area contributed by atoms with Crippen LogP contribution in [-0.2, 0) is 14.8 Å². The molecule has 0 saturated carbocycles. The Hall–Kier alpha value is -0.140. The van der Waals surface area contributed by atoms with Gasteiger partial charge in [-0.15, -0.1) is 0 Å². The summed E-state index contributed by atoms with van der Waals surface area (Å²) in [4.78, 5) is 11.7. The van der Waals surface area contributed by atoms with E-state index in [1.807, 2.05) is 6.92 Å². The highest BCUT2D eigenvalue weighted by Crippen LogP contribution is 2.15. The maximum Gasteiger partial charge on any atom is 0.220 e. The first-order valence-electron chi connectivity index (χ1n) is 7.32. The van der Waals surface area contributed by atoms with Crippen molar-refractivity contribution >= 4 is 31.9 Å². The van der Waals surface area contributed by atoms with Gasteiger partial charge in [0.25, 0.3) is 0 Å². The third-order valence-corrected chi connectivity index (χ3v) is 6.10. The maximum absolute atomic E-state index is 11.9. The van der Waals surface area contributed by atoms with Gasteiger partial charge in [0.2, 0.25) is 15.9 Å². The molecule has 0 aromatic heterocycles. The molecule has 7 heteroatoms. The number of rotatable bonds is 8. The quantitative estimate of drug-likeness (QED) is 0.525. The van der Waals surface area contributed by atoms with Gasteiger partial charge in [-0.3, -0.25) is 4.79 Å². The van der Waals surface area contributed by atoms with Gasteiger partial charge in [0, 0.05) is 30.9 Å². The molecule has 118 valence electrons. The second kappa shape index (κ2) is 9.00. The number of carbonyl (C=O) groups excluding carboxylic acids is 1. The molecule has 0 aromatic rings. The van der Waals surface area contributed by atoms with Gasteiger partial charge in [-0.25, -0.2) is 12.7 Å². The molecule has 1 amide bonds. The van der Waals surface area contributed by atoms with Crippen molar-refractivity contribution in [2.24, 2.45) is 0 Å². The normalized spacial score (nSPS) is 18.1. The summed E-state index contributed by atoms with van der Waals surface area (Å²) in [5, 5.41) is 3.93. The van der Waals surface area contributed by atoms with E-state index >= 15 is 0 Å². The van der Waals surface area contributed by atoms with Gasteiger partial charge in [0.15, 0.2) is 0 Å². The second-order valence-electron chi connectivity index (χ2n) is 5.20. The zero-order chi connectivity index (χ0) is 15.0. The Kier molecular flexibility index (Phi) is 8.06. The van der Waals surface area contributed by atoms with Crippen molar-refractivity contribution in [3.63, 3.8) is 0 Å². The second-order valence-corrected chi connectivity index (χ2v) is 8.08. The van der Waals surface area contributed by atoms with Crippen LogP contribution in [0.3, 0.4) is 0 Å². The number of piperidine rings is 1. The Labute approximate surface area is 130 Å². The Bertz CT molecular complexity index is 392. The number of nitrogens with one attached hydrogen (secondary N) is 1. The van der Waals surface area contributed by atoms with Crippen molar-refractivity contribution in [2.45, 2.75) is 51.5 Å². The summed E-state index contributed by atoms with van der Waals surface area (Å²) in [6, 6.07) is 0.125. The maximum atomic E-state index is 11.9. The van der Waals surface area contributed by atoms with Crippen molar-refractivity contribution in [2.75, 3.05) is 24.2 Å². The van der Waals surface area contributed by atoms with Crippen LogP contribution in [0.25, 0.3) is 0 Å². The van der Waals surface area contributed by atoms with Gasteiger partial charge in [-0.1, -0.05) is 22.9 Å². The van der Waals surface area contributed by atoms with E-state index in [1.165, 1.54) is 0 Å². The smallest absolute Gasteiger partial charge is 0.220 e. The largest absolute Gasteiger partial charge is 0.353 e. The highest BCUT2D eigenvalue weighted by atomic mass is 79.9. The van der Waals surface area contributed by atoms with Crippen molar-refractivity contribution in [3.8, 4) is 0 Å². The first-order chi connectivity index (χ1) is 9.49. The lowest BCUT2D eigenvalue weighted by Crippen LogP contribution is -2.47. The predicted octanol–water partition coefficient (Wildman–Crippen LogP) is 1.87. The molecule has 0 bridgehead atoms. The number of halogens is 1. The van der Waals surface area contributed by atoms with Gasteiger partial charge in [-0.2, -0.15) is 0 Å². The molecule has 1 N–H and O–H groups in total. The number of nitrogens with zero attached hydrogens (tertiary/aromatic N) is 1. The van der Waals surface area contributed by atoms with Gasteiger partial charge < -0.3 is 5.32 Å². The molecule has 1 aliphatic rings. The molecule has 1 fully saturated rings. The number of carbonyl (C=O) groups is 1. The van der Waals surface area contributed by atoms with Crippen LogP contribution in [0, 0.1) is 0 Å². The van der Waals surface area contributed by atoms with Crippen molar-refractivity contribution in [1.29, 1.82) is 0 Å². The number of hydrogen-bond donors (Lipinski definition) is 1. The van der Waals surface area contributed by atoms with E-state index in [9.17, 15) is 13.2 Å². The van der Waals surface area contributed by atoms with Gasteiger partial charge in [-0.05, 0) is 32.1 Å². The topological polar surface area (TPSA) is 66.5 Å². The van der Waals surface area contributed by atoms with Crippen molar-refractivity contribution in [3.05, 3.63) is 0 Å². The Balaban J connectivity index is 2.30. The average molecular weight is 369 g/mol. The number of unbranched alkanes of at least 4 members (excludes halogenated alkanes) is 1. The summed E-state index contributed by atoms with van der Waals surface area (Å²) in [6.45, 7) is 2.92. The fourth-order valence-electron chi connectivity index (χ4n) is 2.35. The average Bonchev–Trinajstić information content (AvgIpc) is 2.39. The lowest BCUT2D eigenvalue weighted by atomic mass is 10.1. The molecule has 1 rings (SSSR count). The zero-order valence-corrected chi connectivity index (χ0v) is 14.5. The third kappa shape index (κ3) is 6.10. The monoisotopic (exact) mass is 368 g/mol. The summed E-state index contributed by atoms with van der Waals surface area (Å²) in [5.74, 6) is 0.303. The molecule has 0 aliphatic carbocycles. The molecule has 1 aliphatic heterocycles. The van der Waals surface area contributed by atoms with Crippen LogP contribution in [0.1, 0.15) is 45.4 Å². The van der Waals surface area contributed by atoms with Crippen LogP contribution in [0.5, 0.6) is 0 Å². The van der Waals surface area contributed by atoms with Crippen LogP contribution in [0.15, 0.2) is 0 Å². The van der Waals surface area contributed by atoms with E-state index in [2.05, 4.69) is 21.2 Å². The molecular formula is C13H25BrN2O3S. The van der Waals surface area contributed by atoms with Crippen LogP contribution in [0.2, 0.25) is 0 Å². The van der Waals surface area contributed by atoms with Crippen molar-refractivity contribution in [1.82, 2.24) is 9.62 Å².